The number of carbonyl (C=O) groups is 1. The van der Waals surface area contributed by atoms with Crippen LogP contribution in [-0.2, 0) is 4.79 Å². The van der Waals surface area contributed by atoms with Gasteiger partial charge in [0.2, 0.25) is 5.91 Å². The Kier molecular flexibility index (Phi) is 4.04. The lowest BCUT2D eigenvalue weighted by Crippen LogP contribution is -2.58. The minimum absolute atomic E-state index is 0.149. The van der Waals surface area contributed by atoms with Gasteiger partial charge in [0.05, 0.1) is 0 Å². The summed E-state index contributed by atoms with van der Waals surface area (Å²) in [7, 11) is 0. The monoisotopic (exact) mass is 276 g/mol. The fourth-order valence-electron chi connectivity index (χ4n) is 2.43. The number of hydrogen-bond acceptors (Lipinski definition) is 3. The van der Waals surface area contributed by atoms with Gasteiger partial charge in [-0.05, 0) is 48.8 Å². The van der Waals surface area contributed by atoms with Gasteiger partial charge in [0, 0.05) is 0 Å². The van der Waals surface area contributed by atoms with Crippen LogP contribution in [0.25, 0.3) is 0 Å². The zero-order valence-corrected chi connectivity index (χ0v) is 12.5. The molecule has 0 radical (unpaired) electrons. The van der Waals surface area contributed by atoms with Gasteiger partial charge in [0.1, 0.15) is 17.9 Å². The summed E-state index contributed by atoms with van der Waals surface area (Å²) in [5.74, 6) is 0.843. The molecule has 1 fully saturated rings. The maximum Gasteiger partial charge on any atom is 0.241 e. The van der Waals surface area contributed by atoms with E-state index in [1.165, 1.54) is 0 Å². The molecule has 4 N–H and O–H groups in total. The van der Waals surface area contributed by atoms with Gasteiger partial charge in [0.15, 0.2) is 0 Å². The fourth-order valence-corrected chi connectivity index (χ4v) is 2.43. The molecule has 1 amide bonds. The first kappa shape index (κ1) is 14.9. The van der Waals surface area contributed by atoms with Crippen LogP contribution in [0, 0.1) is 12.8 Å². The van der Waals surface area contributed by atoms with Crippen LogP contribution in [-0.4, -0.2) is 18.1 Å². The minimum Gasteiger partial charge on any atom is -0.491 e. The highest BCUT2D eigenvalue weighted by atomic mass is 16.5. The Morgan fingerprint density at radius 3 is 2.60 bits per heavy atom. The SMILES string of the molecule is Cc1ccc(C(C)C)c(OCC(N)(C(N)=O)C2CC2)c1. The van der Waals surface area contributed by atoms with E-state index in [1.54, 1.807) is 0 Å². The van der Waals surface area contributed by atoms with Crippen molar-refractivity contribution in [1.29, 1.82) is 0 Å². The molecule has 0 heterocycles. The van der Waals surface area contributed by atoms with Gasteiger partial charge in [-0.25, -0.2) is 0 Å². The highest BCUT2D eigenvalue weighted by Gasteiger charge is 2.47. The molecule has 0 bridgehead atoms. The number of nitrogens with two attached hydrogens (primary N) is 2. The molecular formula is C16H24N2O2. The lowest BCUT2D eigenvalue weighted by molar-refractivity contribution is -0.125. The number of aryl methyl sites for hydroxylation is 1. The summed E-state index contributed by atoms with van der Waals surface area (Å²) in [6, 6.07) is 6.12. The lowest BCUT2D eigenvalue weighted by Gasteiger charge is -2.27. The van der Waals surface area contributed by atoms with Crippen LogP contribution < -0.4 is 16.2 Å². The molecule has 0 aliphatic heterocycles. The Morgan fingerprint density at radius 2 is 2.10 bits per heavy atom. The predicted molar refractivity (Wildman–Crippen MR) is 79.6 cm³/mol. The number of ether oxygens (including phenoxy) is 1. The molecule has 110 valence electrons. The normalized spacial score (nSPS) is 17.9. The van der Waals surface area contributed by atoms with E-state index in [1.807, 2.05) is 13.0 Å². The van der Waals surface area contributed by atoms with Gasteiger partial charge in [-0.1, -0.05) is 26.0 Å². The maximum absolute atomic E-state index is 11.6. The minimum atomic E-state index is -1.04. The smallest absolute Gasteiger partial charge is 0.241 e. The predicted octanol–water partition coefficient (Wildman–Crippen LogP) is 2.09. The molecule has 0 aromatic heterocycles. The van der Waals surface area contributed by atoms with Crippen molar-refractivity contribution < 1.29 is 9.53 Å². The largest absolute Gasteiger partial charge is 0.491 e. The van der Waals surface area contributed by atoms with Crippen molar-refractivity contribution in [2.24, 2.45) is 17.4 Å². The molecule has 4 nitrogen and oxygen atoms in total. The first-order valence-corrected chi connectivity index (χ1v) is 7.16. The summed E-state index contributed by atoms with van der Waals surface area (Å²) in [4.78, 5) is 11.6. The zero-order chi connectivity index (χ0) is 14.9. The maximum atomic E-state index is 11.6. The van der Waals surface area contributed by atoms with E-state index >= 15 is 0 Å². The second kappa shape index (κ2) is 5.44. The Morgan fingerprint density at radius 1 is 1.45 bits per heavy atom. The molecule has 1 aromatic rings. The van der Waals surface area contributed by atoms with Crippen molar-refractivity contribution in [2.75, 3.05) is 6.61 Å². The molecule has 0 spiro atoms. The third kappa shape index (κ3) is 2.96. The third-order valence-electron chi connectivity index (χ3n) is 4.02. The molecule has 1 atom stereocenters. The van der Waals surface area contributed by atoms with Crippen LogP contribution in [0.4, 0.5) is 0 Å². The number of hydrogen-bond donors (Lipinski definition) is 2. The first-order valence-electron chi connectivity index (χ1n) is 7.16. The second-order valence-corrected chi connectivity index (χ2v) is 6.16. The first-order chi connectivity index (χ1) is 9.34. The van der Waals surface area contributed by atoms with Crippen LogP contribution >= 0.6 is 0 Å². The Bertz CT molecular complexity index is 509. The molecule has 1 aliphatic rings. The Hall–Kier alpha value is -1.55. The molecule has 1 aromatic carbocycles. The van der Waals surface area contributed by atoms with Crippen LogP contribution in [0.1, 0.15) is 43.7 Å². The summed E-state index contributed by atoms with van der Waals surface area (Å²) < 4.78 is 5.88. The van der Waals surface area contributed by atoms with Crippen LogP contribution in [0.2, 0.25) is 0 Å². The summed E-state index contributed by atoms with van der Waals surface area (Å²) in [5, 5.41) is 0. The van der Waals surface area contributed by atoms with Gasteiger partial charge in [-0.2, -0.15) is 0 Å². The lowest BCUT2D eigenvalue weighted by atomic mass is 9.94. The summed E-state index contributed by atoms with van der Waals surface area (Å²) in [5.41, 5.74) is 12.8. The molecule has 1 unspecified atom stereocenters. The fraction of sp³-hybridized carbons (Fsp3) is 0.562. The van der Waals surface area contributed by atoms with Gasteiger partial charge >= 0.3 is 0 Å². The van der Waals surface area contributed by atoms with Crippen LogP contribution in [0.3, 0.4) is 0 Å². The third-order valence-corrected chi connectivity index (χ3v) is 4.02. The highest BCUT2D eigenvalue weighted by Crippen LogP contribution is 2.39. The van der Waals surface area contributed by atoms with Crippen molar-refractivity contribution in [1.82, 2.24) is 0 Å². The average Bonchev–Trinajstić information content (AvgIpc) is 3.19. The highest BCUT2D eigenvalue weighted by molar-refractivity contribution is 5.85. The van der Waals surface area contributed by atoms with Gasteiger partial charge in [-0.15, -0.1) is 0 Å². The summed E-state index contributed by atoms with van der Waals surface area (Å²) >= 11 is 0. The van der Waals surface area contributed by atoms with Gasteiger partial charge in [0.25, 0.3) is 0 Å². The van der Waals surface area contributed by atoms with E-state index in [0.29, 0.717) is 5.92 Å². The molecule has 20 heavy (non-hydrogen) atoms. The molecular weight excluding hydrogens is 252 g/mol. The number of benzene rings is 1. The van der Waals surface area contributed by atoms with E-state index in [4.69, 9.17) is 16.2 Å². The Labute approximate surface area is 120 Å². The quantitative estimate of drug-likeness (QED) is 0.835. The number of amides is 1. The van der Waals surface area contributed by atoms with Gasteiger partial charge in [-0.3, -0.25) is 4.79 Å². The van der Waals surface area contributed by atoms with E-state index in [9.17, 15) is 4.79 Å². The van der Waals surface area contributed by atoms with E-state index < -0.39 is 11.4 Å². The zero-order valence-electron chi connectivity index (χ0n) is 12.5. The second-order valence-electron chi connectivity index (χ2n) is 6.16. The topological polar surface area (TPSA) is 78.3 Å². The number of primary amides is 1. The molecule has 2 rings (SSSR count). The summed E-state index contributed by atoms with van der Waals surface area (Å²) in [6.45, 7) is 6.39. The van der Waals surface area contributed by atoms with Crippen molar-refractivity contribution in [3.63, 3.8) is 0 Å². The van der Waals surface area contributed by atoms with E-state index in [2.05, 4.69) is 26.0 Å². The van der Waals surface area contributed by atoms with Crippen molar-refractivity contribution >= 4 is 5.91 Å². The van der Waals surface area contributed by atoms with Crippen molar-refractivity contribution in [2.45, 2.75) is 45.1 Å². The van der Waals surface area contributed by atoms with Gasteiger partial charge < -0.3 is 16.2 Å². The molecule has 1 aliphatic carbocycles. The molecule has 1 saturated carbocycles. The van der Waals surface area contributed by atoms with E-state index in [0.717, 1.165) is 29.7 Å². The van der Waals surface area contributed by atoms with Crippen molar-refractivity contribution in [3.8, 4) is 5.75 Å². The molecule has 4 heteroatoms. The van der Waals surface area contributed by atoms with E-state index in [-0.39, 0.29) is 12.5 Å². The van der Waals surface area contributed by atoms with Crippen molar-refractivity contribution in [3.05, 3.63) is 29.3 Å². The van der Waals surface area contributed by atoms with Crippen LogP contribution in [0.5, 0.6) is 5.75 Å². The molecule has 0 saturated heterocycles. The standard InChI is InChI=1S/C16H24N2O2/c1-10(2)13-7-4-11(3)8-14(13)20-9-16(18,15(17)19)12-5-6-12/h4,7-8,10,12H,5-6,9,18H2,1-3H3,(H2,17,19). The number of carbonyl (C=O) groups excluding carboxylic acids is 1. The summed E-state index contributed by atoms with van der Waals surface area (Å²) in [6.07, 6.45) is 1.90. The van der Waals surface area contributed by atoms with Crippen LogP contribution in [0.15, 0.2) is 18.2 Å². The Balaban J connectivity index is 2.17. The average molecular weight is 276 g/mol. The number of rotatable bonds is 6.